The normalized spacial score (nSPS) is 13.1. The highest BCUT2D eigenvalue weighted by Gasteiger charge is 2.00. The molecule has 0 aromatic carbocycles. The van der Waals surface area contributed by atoms with Crippen LogP contribution in [0, 0.1) is 0 Å². The van der Waals surface area contributed by atoms with Crippen LogP contribution in [0.25, 0.3) is 0 Å². The molecule has 1 rings (SSSR count). The van der Waals surface area contributed by atoms with Crippen LogP contribution in [0.3, 0.4) is 0 Å². The average Bonchev–Trinajstić information content (AvgIpc) is 2.64. The molecule has 2 N–H and O–H groups in total. The van der Waals surface area contributed by atoms with Gasteiger partial charge in [0, 0.05) is 38.2 Å². The summed E-state index contributed by atoms with van der Waals surface area (Å²) in [6.45, 7) is 3.79. The highest BCUT2D eigenvalue weighted by Crippen LogP contribution is 1.95. The third-order valence-corrected chi connectivity index (χ3v) is 1.95. The van der Waals surface area contributed by atoms with Gasteiger partial charge in [-0.05, 0) is 19.4 Å². The molecule has 1 unspecified atom stereocenters. The number of nitrogens with one attached hydrogen (secondary N) is 2. The molecule has 4 nitrogen and oxygen atoms in total. The van der Waals surface area contributed by atoms with Crippen molar-refractivity contribution < 1.29 is 4.74 Å². The molecule has 0 radical (unpaired) electrons. The Morgan fingerprint density at radius 2 is 2.54 bits per heavy atom. The number of ether oxygens (including phenoxy) is 1. The minimum absolute atomic E-state index is 0.475. The van der Waals surface area contributed by atoms with Gasteiger partial charge in [-0.25, -0.2) is 0 Å². The van der Waals surface area contributed by atoms with Crippen molar-refractivity contribution in [1.82, 2.24) is 15.5 Å². The third kappa shape index (κ3) is 4.05. The van der Waals surface area contributed by atoms with Gasteiger partial charge >= 0.3 is 0 Å². The van der Waals surface area contributed by atoms with E-state index in [0.717, 1.165) is 25.3 Å². The highest BCUT2D eigenvalue weighted by molar-refractivity contribution is 4.96. The van der Waals surface area contributed by atoms with Gasteiger partial charge in [-0.3, -0.25) is 5.10 Å². The number of H-pyrrole nitrogens is 1. The van der Waals surface area contributed by atoms with E-state index < -0.39 is 0 Å². The van der Waals surface area contributed by atoms with E-state index in [1.807, 2.05) is 6.07 Å². The van der Waals surface area contributed by atoms with Gasteiger partial charge < -0.3 is 10.1 Å². The number of nitrogens with zero attached hydrogens (tertiary/aromatic N) is 1. The van der Waals surface area contributed by atoms with E-state index in [0.29, 0.717) is 6.04 Å². The van der Waals surface area contributed by atoms with E-state index in [4.69, 9.17) is 4.74 Å². The number of aromatic amines is 1. The smallest absolute Gasteiger partial charge is 0.0490 e. The van der Waals surface area contributed by atoms with Crippen molar-refractivity contribution in [3.8, 4) is 0 Å². The molecular weight excluding hydrogens is 166 g/mol. The fourth-order valence-corrected chi connectivity index (χ4v) is 1.06. The van der Waals surface area contributed by atoms with Crippen molar-refractivity contribution in [2.45, 2.75) is 25.9 Å². The molecule has 4 heteroatoms. The Balaban J connectivity index is 2.11. The fourth-order valence-electron chi connectivity index (χ4n) is 1.06. The summed E-state index contributed by atoms with van der Waals surface area (Å²) in [4.78, 5) is 0. The second kappa shape index (κ2) is 5.72. The summed E-state index contributed by atoms with van der Waals surface area (Å²) in [7, 11) is 1.72. The second-order valence-corrected chi connectivity index (χ2v) is 3.15. The Morgan fingerprint density at radius 1 is 1.69 bits per heavy atom. The van der Waals surface area contributed by atoms with Crippen molar-refractivity contribution >= 4 is 0 Å². The van der Waals surface area contributed by atoms with E-state index in [1.54, 1.807) is 13.3 Å². The summed E-state index contributed by atoms with van der Waals surface area (Å²) in [5.41, 5.74) is 1.12. The lowest BCUT2D eigenvalue weighted by atomic mass is 10.2. The molecule has 0 spiro atoms. The first-order chi connectivity index (χ1) is 6.33. The second-order valence-electron chi connectivity index (χ2n) is 3.15. The van der Waals surface area contributed by atoms with E-state index in [9.17, 15) is 0 Å². The highest BCUT2D eigenvalue weighted by atomic mass is 16.5. The van der Waals surface area contributed by atoms with Crippen molar-refractivity contribution in [1.29, 1.82) is 0 Å². The standard InChI is InChI=1S/C9H17N3O/c1-8(4-6-13-2)10-7-9-3-5-11-12-9/h3,5,8,10H,4,6-7H2,1-2H3,(H,11,12). The molecule has 1 heterocycles. The number of hydrogen-bond acceptors (Lipinski definition) is 3. The van der Waals surface area contributed by atoms with Crippen molar-refractivity contribution in [3.05, 3.63) is 18.0 Å². The maximum Gasteiger partial charge on any atom is 0.0490 e. The lowest BCUT2D eigenvalue weighted by Gasteiger charge is -2.11. The molecule has 74 valence electrons. The van der Waals surface area contributed by atoms with Crippen LogP contribution in [0.1, 0.15) is 19.0 Å². The van der Waals surface area contributed by atoms with Crippen LogP contribution in [0.5, 0.6) is 0 Å². The lowest BCUT2D eigenvalue weighted by molar-refractivity contribution is 0.184. The molecule has 0 saturated heterocycles. The minimum Gasteiger partial charge on any atom is -0.385 e. The van der Waals surface area contributed by atoms with Crippen LogP contribution in [0.2, 0.25) is 0 Å². The van der Waals surface area contributed by atoms with Gasteiger partial charge in [0.1, 0.15) is 0 Å². The minimum atomic E-state index is 0.475. The first kappa shape index (κ1) is 10.2. The molecule has 0 aliphatic heterocycles. The largest absolute Gasteiger partial charge is 0.385 e. The molecule has 0 saturated carbocycles. The first-order valence-corrected chi connectivity index (χ1v) is 4.53. The Kier molecular flexibility index (Phi) is 4.49. The first-order valence-electron chi connectivity index (χ1n) is 4.53. The molecular formula is C9H17N3O. The Bertz CT molecular complexity index is 211. The van der Waals surface area contributed by atoms with Crippen molar-refractivity contribution in [3.63, 3.8) is 0 Å². The number of hydrogen-bond donors (Lipinski definition) is 2. The predicted molar refractivity (Wildman–Crippen MR) is 51.4 cm³/mol. The number of rotatable bonds is 6. The predicted octanol–water partition coefficient (Wildman–Crippen LogP) is 0.924. The zero-order valence-electron chi connectivity index (χ0n) is 8.21. The van der Waals surface area contributed by atoms with Crippen molar-refractivity contribution in [2.24, 2.45) is 0 Å². The summed E-state index contributed by atoms with van der Waals surface area (Å²) in [6.07, 6.45) is 2.79. The topological polar surface area (TPSA) is 49.9 Å². The maximum atomic E-state index is 4.99. The quantitative estimate of drug-likeness (QED) is 0.689. The Hall–Kier alpha value is -0.870. The molecule has 0 bridgehead atoms. The molecule has 1 atom stereocenters. The molecule has 1 aromatic heterocycles. The summed E-state index contributed by atoms with van der Waals surface area (Å²) >= 11 is 0. The van der Waals surface area contributed by atoms with Crippen LogP contribution in [0.15, 0.2) is 12.3 Å². The molecule has 0 aliphatic carbocycles. The van der Waals surface area contributed by atoms with Crippen LogP contribution >= 0.6 is 0 Å². The molecule has 1 aromatic rings. The van der Waals surface area contributed by atoms with Crippen molar-refractivity contribution in [2.75, 3.05) is 13.7 Å². The molecule has 0 amide bonds. The van der Waals surface area contributed by atoms with Crippen LogP contribution < -0.4 is 5.32 Å². The summed E-state index contributed by atoms with van der Waals surface area (Å²) in [6, 6.07) is 2.44. The van der Waals surface area contributed by atoms with E-state index in [-0.39, 0.29) is 0 Å². The lowest BCUT2D eigenvalue weighted by Crippen LogP contribution is -2.26. The Morgan fingerprint density at radius 3 is 3.15 bits per heavy atom. The van der Waals surface area contributed by atoms with Gasteiger partial charge in [0.2, 0.25) is 0 Å². The molecule has 0 fully saturated rings. The van der Waals surface area contributed by atoms with E-state index in [1.165, 1.54) is 0 Å². The summed E-state index contributed by atoms with van der Waals surface area (Å²) < 4.78 is 4.99. The van der Waals surface area contributed by atoms with Gasteiger partial charge in [0.15, 0.2) is 0 Å². The molecule has 0 aliphatic rings. The van der Waals surface area contributed by atoms with Gasteiger partial charge in [0.25, 0.3) is 0 Å². The Labute approximate surface area is 78.7 Å². The number of aromatic nitrogens is 2. The monoisotopic (exact) mass is 183 g/mol. The SMILES string of the molecule is COCCC(C)NCc1ccn[nH]1. The zero-order chi connectivity index (χ0) is 9.52. The number of methoxy groups -OCH3 is 1. The summed E-state index contributed by atoms with van der Waals surface area (Å²) in [5, 5.41) is 10.1. The average molecular weight is 183 g/mol. The maximum absolute atomic E-state index is 4.99. The zero-order valence-corrected chi connectivity index (χ0v) is 8.21. The van der Waals surface area contributed by atoms with Crippen LogP contribution in [0.4, 0.5) is 0 Å². The van der Waals surface area contributed by atoms with E-state index >= 15 is 0 Å². The van der Waals surface area contributed by atoms with Gasteiger partial charge in [0.05, 0.1) is 0 Å². The van der Waals surface area contributed by atoms with Gasteiger partial charge in [-0.2, -0.15) is 5.10 Å². The van der Waals surface area contributed by atoms with Gasteiger partial charge in [-0.15, -0.1) is 0 Å². The third-order valence-electron chi connectivity index (χ3n) is 1.95. The summed E-state index contributed by atoms with van der Waals surface area (Å²) in [5.74, 6) is 0. The van der Waals surface area contributed by atoms with E-state index in [2.05, 4.69) is 22.4 Å². The van der Waals surface area contributed by atoms with Gasteiger partial charge in [-0.1, -0.05) is 0 Å². The van der Waals surface area contributed by atoms with Crippen LogP contribution in [-0.2, 0) is 11.3 Å². The van der Waals surface area contributed by atoms with Crippen LogP contribution in [-0.4, -0.2) is 30.0 Å². The fraction of sp³-hybridized carbons (Fsp3) is 0.667. The molecule has 13 heavy (non-hydrogen) atoms.